The molecule has 0 spiro atoms. The summed E-state index contributed by atoms with van der Waals surface area (Å²) in [4.78, 5) is 32.1. The Labute approximate surface area is 208 Å². The smallest absolute Gasteiger partial charge is 0.271 e. The molecular formula is C28H40N4O3. The molecule has 0 radical (unpaired) electrons. The van der Waals surface area contributed by atoms with Crippen molar-refractivity contribution >= 4 is 11.8 Å². The van der Waals surface area contributed by atoms with E-state index < -0.39 is 5.54 Å². The third kappa shape index (κ3) is 5.06. The van der Waals surface area contributed by atoms with Crippen molar-refractivity contribution in [3.8, 4) is 11.5 Å². The van der Waals surface area contributed by atoms with Gasteiger partial charge >= 0.3 is 0 Å². The monoisotopic (exact) mass is 480 g/mol. The summed E-state index contributed by atoms with van der Waals surface area (Å²) >= 11 is 0. The van der Waals surface area contributed by atoms with Crippen molar-refractivity contribution < 1.29 is 14.0 Å². The fraction of sp³-hybridized carbons (Fsp3) is 0.643. The van der Waals surface area contributed by atoms with Crippen molar-refractivity contribution in [3.05, 3.63) is 36.2 Å². The summed E-state index contributed by atoms with van der Waals surface area (Å²) in [6.45, 7) is 6.23. The summed E-state index contributed by atoms with van der Waals surface area (Å²) in [6, 6.07) is 7.77. The normalized spacial score (nSPS) is 24.3. The minimum Gasteiger partial charge on any atom is -0.463 e. The zero-order valence-corrected chi connectivity index (χ0v) is 21.1. The molecule has 1 aliphatic carbocycles. The van der Waals surface area contributed by atoms with Gasteiger partial charge in [0.1, 0.15) is 17.0 Å². The van der Waals surface area contributed by atoms with Gasteiger partial charge in [-0.05, 0) is 82.9 Å². The summed E-state index contributed by atoms with van der Waals surface area (Å²) < 4.78 is 7.63. The Morgan fingerprint density at radius 1 is 1.00 bits per heavy atom. The van der Waals surface area contributed by atoms with Crippen LogP contribution < -0.4 is 5.32 Å². The number of hydrogen-bond acceptors (Lipinski definition) is 4. The molecule has 2 amide bonds. The van der Waals surface area contributed by atoms with Crippen molar-refractivity contribution in [1.29, 1.82) is 0 Å². The molecule has 1 saturated carbocycles. The molecule has 7 heteroatoms. The zero-order valence-electron chi connectivity index (χ0n) is 21.1. The standard InChI is InChI=1S/C28H40N4O3/c1-28(27(34)29-22-11-5-2-3-6-12-22)21-31-23(25-13-9-20-35-25)14-15-24(31)26(33)32(28)19-10-18-30-16-7-4-8-17-30/h9,13-15,20,22H,2-8,10-12,16-19,21H2,1H3,(H,29,34). The third-order valence-corrected chi connectivity index (χ3v) is 8.26. The third-order valence-electron chi connectivity index (χ3n) is 8.26. The van der Waals surface area contributed by atoms with Crippen LogP contribution in [0.3, 0.4) is 0 Å². The molecule has 190 valence electrons. The second kappa shape index (κ2) is 10.6. The number of amides is 2. The molecule has 35 heavy (non-hydrogen) atoms. The van der Waals surface area contributed by atoms with Crippen LogP contribution in [0.2, 0.25) is 0 Å². The van der Waals surface area contributed by atoms with Crippen LogP contribution in [-0.4, -0.2) is 63.9 Å². The van der Waals surface area contributed by atoms with E-state index in [4.69, 9.17) is 4.42 Å². The summed E-state index contributed by atoms with van der Waals surface area (Å²) in [5.41, 5.74) is 0.535. The van der Waals surface area contributed by atoms with Gasteiger partial charge < -0.3 is 24.1 Å². The average Bonchev–Trinajstić information content (AvgIpc) is 3.47. The molecule has 0 bridgehead atoms. The van der Waals surface area contributed by atoms with Crippen LogP contribution in [-0.2, 0) is 11.3 Å². The van der Waals surface area contributed by atoms with Crippen LogP contribution in [0.4, 0.5) is 0 Å². The lowest BCUT2D eigenvalue weighted by molar-refractivity contribution is -0.133. The number of nitrogens with zero attached hydrogens (tertiary/aromatic N) is 3. The van der Waals surface area contributed by atoms with E-state index >= 15 is 0 Å². The van der Waals surface area contributed by atoms with Crippen LogP contribution in [0.1, 0.15) is 81.6 Å². The minimum atomic E-state index is -0.946. The summed E-state index contributed by atoms with van der Waals surface area (Å²) in [5, 5.41) is 3.36. The van der Waals surface area contributed by atoms with Crippen LogP contribution in [0.25, 0.3) is 11.5 Å². The lowest BCUT2D eigenvalue weighted by Crippen LogP contribution is -2.65. The van der Waals surface area contributed by atoms with Gasteiger partial charge in [0.2, 0.25) is 5.91 Å². The highest BCUT2D eigenvalue weighted by molar-refractivity contribution is 6.00. The minimum absolute atomic E-state index is 0.0273. The molecule has 2 aliphatic heterocycles. The highest BCUT2D eigenvalue weighted by atomic mass is 16.3. The topological polar surface area (TPSA) is 70.7 Å². The van der Waals surface area contributed by atoms with Gasteiger partial charge in [-0.2, -0.15) is 0 Å². The number of furan rings is 1. The van der Waals surface area contributed by atoms with Gasteiger partial charge in [0.25, 0.3) is 5.91 Å². The molecule has 2 aromatic heterocycles. The first-order chi connectivity index (χ1) is 17.1. The molecule has 7 nitrogen and oxygen atoms in total. The van der Waals surface area contributed by atoms with Gasteiger partial charge in [-0.25, -0.2) is 0 Å². The Morgan fingerprint density at radius 2 is 1.71 bits per heavy atom. The maximum atomic E-state index is 13.9. The van der Waals surface area contributed by atoms with E-state index in [0.717, 1.165) is 57.4 Å². The SMILES string of the molecule is CC1(C(=O)NC2CCCCCC2)Cn2c(ccc2-c2ccco2)C(=O)N1CCCN1CCCCC1. The maximum Gasteiger partial charge on any atom is 0.271 e. The number of likely N-dealkylation sites (tertiary alicyclic amines) is 1. The van der Waals surface area contributed by atoms with Gasteiger partial charge in [-0.1, -0.05) is 32.1 Å². The lowest BCUT2D eigenvalue weighted by atomic mass is 9.93. The maximum absolute atomic E-state index is 13.9. The van der Waals surface area contributed by atoms with Crippen LogP contribution in [0, 0.1) is 0 Å². The number of fused-ring (bicyclic) bond motifs is 1. The Morgan fingerprint density at radius 3 is 2.43 bits per heavy atom. The lowest BCUT2D eigenvalue weighted by Gasteiger charge is -2.45. The van der Waals surface area contributed by atoms with Crippen LogP contribution >= 0.6 is 0 Å². The summed E-state index contributed by atoms with van der Waals surface area (Å²) in [6.07, 6.45) is 13.2. The van der Waals surface area contributed by atoms with Gasteiger partial charge in [0, 0.05) is 12.6 Å². The largest absolute Gasteiger partial charge is 0.463 e. The second-order valence-electron chi connectivity index (χ2n) is 10.8. The van der Waals surface area contributed by atoms with Crippen molar-refractivity contribution in [1.82, 2.24) is 19.7 Å². The van der Waals surface area contributed by atoms with E-state index in [1.54, 1.807) is 6.26 Å². The van der Waals surface area contributed by atoms with E-state index in [2.05, 4.69) is 10.2 Å². The van der Waals surface area contributed by atoms with Crippen LogP contribution in [0.5, 0.6) is 0 Å². The first-order valence-electron chi connectivity index (χ1n) is 13.6. The van der Waals surface area contributed by atoms with E-state index in [-0.39, 0.29) is 17.9 Å². The number of carbonyl (C=O) groups is 2. The number of hydrogen-bond donors (Lipinski definition) is 1. The number of piperidine rings is 1. The Kier molecular flexibility index (Phi) is 7.32. The van der Waals surface area contributed by atoms with E-state index in [1.165, 1.54) is 32.1 Å². The zero-order chi connectivity index (χ0) is 24.3. The second-order valence-corrected chi connectivity index (χ2v) is 10.8. The molecule has 5 rings (SSSR count). The molecule has 1 unspecified atom stereocenters. The Bertz CT molecular complexity index is 1000. The fourth-order valence-electron chi connectivity index (χ4n) is 6.16. The summed E-state index contributed by atoms with van der Waals surface area (Å²) in [5.74, 6) is 0.626. The van der Waals surface area contributed by atoms with Crippen molar-refractivity contribution in [2.45, 2.75) is 89.3 Å². The molecule has 1 atom stereocenters. The molecule has 1 N–H and O–H groups in total. The molecule has 0 aromatic carbocycles. The van der Waals surface area contributed by atoms with E-state index in [1.807, 2.05) is 40.7 Å². The Hall–Kier alpha value is -2.54. The molecule has 4 heterocycles. The molecule has 2 fully saturated rings. The predicted molar refractivity (Wildman–Crippen MR) is 136 cm³/mol. The van der Waals surface area contributed by atoms with Crippen molar-refractivity contribution in [3.63, 3.8) is 0 Å². The van der Waals surface area contributed by atoms with Crippen molar-refractivity contribution in [2.75, 3.05) is 26.2 Å². The summed E-state index contributed by atoms with van der Waals surface area (Å²) in [7, 11) is 0. The average molecular weight is 481 g/mol. The van der Waals surface area contributed by atoms with Crippen LogP contribution in [0.15, 0.2) is 34.9 Å². The van der Waals surface area contributed by atoms with Gasteiger partial charge in [0.15, 0.2) is 0 Å². The fourth-order valence-corrected chi connectivity index (χ4v) is 6.16. The molecule has 3 aliphatic rings. The number of nitrogens with one attached hydrogen (secondary N) is 1. The highest BCUT2D eigenvalue weighted by Gasteiger charge is 2.48. The van der Waals surface area contributed by atoms with Gasteiger partial charge in [-0.15, -0.1) is 0 Å². The number of aromatic nitrogens is 1. The number of carbonyl (C=O) groups excluding carboxylic acids is 2. The molecule has 1 saturated heterocycles. The van der Waals surface area contributed by atoms with E-state index in [9.17, 15) is 9.59 Å². The highest BCUT2D eigenvalue weighted by Crippen LogP contribution is 2.34. The van der Waals surface area contributed by atoms with E-state index in [0.29, 0.717) is 24.5 Å². The number of rotatable bonds is 7. The quantitative estimate of drug-likeness (QED) is 0.585. The molecule has 2 aromatic rings. The molecular weight excluding hydrogens is 440 g/mol. The van der Waals surface area contributed by atoms with Gasteiger partial charge in [0.05, 0.1) is 18.5 Å². The first-order valence-corrected chi connectivity index (χ1v) is 13.6. The predicted octanol–water partition coefficient (Wildman–Crippen LogP) is 4.68. The van der Waals surface area contributed by atoms with Gasteiger partial charge in [-0.3, -0.25) is 9.59 Å². The Balaban J connectivity index is 1.39. The van der Waals surface area contributed by atoms with Crippen molar-refractivity contribution in [2.24, 2.45) is 0 Å². The first kappa shape index (κ1) is 24.2.